The minimum Gasteiger partial charge on any atom is -0.352 e. The van der Waals surface area contributed by atoms with Crippen molar-refractivity contribution in [1.29, 1.82) is 0 Å². The summed E-state index contributed by atoms with van der Waals surface area (Å²) in [7, 11) is 0. The Morgan fingerprint density at radius 2 is 1.63 bits per heavy atom. The van der Waals surface area contributed by atoms with Gasteiger partial charge in [0.25, 0.3) is 5.91 Å². The Hall–Kier alpha value is -3.15. The summed E-state index contributed by atoms with van der Waals surface area (Å²) in [6, 6.07) is 16.9. The third-order valence-electron chi connectivity index (χ3n) is 5.44. The molecule has 6 heteroatoms. The lowest BCUT2D eigenvalue weighted by atomic mass is 9.95. The molecule has 2 aromatic rings. The molecule has 1 aliphatic heterocycles. The van der Waals surface area contributed by atoms with Gasteiger partial charge in [-0.3, -0.25) is 14.4 Å². The second-order valence-corrected chi connectivity index (χ2v) is 7.57. The highest BCUT2D eigenvalue weighted by molar-refractivity contribution is 5.96. The fourth-order valence-corrected chi connectivity index (χ4v) is 3.66. The van der Waals surface area contributed by atoms with Crippen LogP contribution in [-0.4, -0.2) is 42.3 Å². The van der Waals surface area contributed by atoms with E-state index in [9.17, 15) is 14.4 Å². The van der Waals surface area contributed by atoms with Crippen LogP contribution in [0, 0.1) is 5.92 Å². The lowest BCUT2D eigenvalue weighted by molar-refractivity contribution is -0.134. The molecular formula is C24H29N3O3. The zero-order valence-corrected chi connectivity index (χ0v) is 17.4. The molecule has 2 N–H and O–H groups in total. The van der Waals surface area contributed by atoms with Gasteiger partial charge in [-0.2, -0.15) is 0 Å². The second kappa shape index (κ2) is 10.6. The van der Waals surface area contributed by atoms with Gasteiger partial charge in [0.15, 0.2) is 0 Å². The number of carbonyl (C=O) groups is 3. The van der Waals surface area contributed by atoms with E-state index in [4.69, 9.17) is 0 Å². The molecule has 158 valence electrons. The topological polar surface area (TPSA) is 78.5 Å². The van der Waals surface area contributed by atoms with Gasteiger partial charge in [0.1, 0.15) is 0 Å². The number of carbonyl (C=O) groups excluding carboxylic acids is 3. The smallest absolute Gasteiger partial charge is 0.251 e. The Morgan fingerprint density at radius 1 is 0.967 bits per heavy atom. The minimum atomic E-state index is -0.125. The Kier molecular flexibility index (Phi) is 7.60. The van der Waals surface area contributed by atoms with E-state index in [1.807, 2.05) is 42.2 Å². The fourth-order valence-electron chi connectivity index (χ4n) is 3.66. The number of nitrogens with zero attached hydrogens (tertiary/aromatic N) is 1. The quantitative estimate of drug-likeness (QED) is 0.740. The molecule has 6 nitrogen and oxygen atoms in total. The van der Waals surface area contributed by atoms with Gasteiger partial charge in [0.05, 0.1) is 0 Å². The van der Waals surface area contributed by atoms with Crippen molar-refractivity contribution < 1.29 is 14.4 Å². The number of piperidine rings is 1. The van der Waals surface area contributed by atoms with Crippen molar-refractivity contribution in [2.75, 3.05) is 25.0 Å². The summed E-state index contributed by atoms with van der Waals surface area (Å²) in [5, 5.41) is 5.67. The first-order valence-electron chi connectivity index (χ1n) is 10.6. The number of anilines is 1. The number of nitrogens with one attached hydrogen (secondary N) is 2. The third kappa shape index (κ3) is 5.92. The summed E-state index contributed by atoms with van der Waals surface area (Å²) in [5.74, 6) is -0.110. The predicted molar refractivity (Wildman–Crippen MR) is 117 cm³/mol. The van der Waals surface area contributed by atoms with Gasteiger partial charge >= 0.3 is 0 Å². The molecule has 0 spiro atoms. The van der Waals surface area contributed by atoms with Crippen LogP contribution in [0.2, 0.25) is 0 Å². The zero-order chi connectivity index (χ0) is 21.3. The lowest BCUT2D eigenvalue weighted by Crippen LogP contribution is -2.41. The van der Waals surface area contributed by atoms with Crippen LogP contribution in [0.5, 0.6) is 0 Å². The lowest BCUT2D eigenvalue weighted by Gasteiger charge is -2.31. The molecule has 0 bridgehead atoms. The first kappa shape index (κ1) is 21.6. The molecule has 3 amide bonds. The van der Waals surface area contributed by atoms with E-state index in [0.29, 0.717) is 50.1 Å². The molecule has 30 heavy (non-hydrogen) atoms. The van der Waals surface area contributed by atoms with Gasteiger partial charge in [-0.25, -0.2) is 0 Å². The normalized spacial score (nSPS) is 14.2. The molecule has 1 saturated heterocycles. The van der Waals surface area contributed by atoms with Crippen molar-refractivity contribution in [3.63, 3.8) is 0 Å². The number of aryl methyl sites for hydroxylation is 1. The van der Waals surface area contributed by atoms with E-state index in [1.54, 1.807) is 24.3 Å². The molecule has 3 rings (SSSR count). The van der Waals surface area contributed by atoms with Gasteiger partial charge in [-0.1, -0.05) is 30.3 Å². The maximum atomic E-state index is 12.6. The molecule has 0 unspecified atom stereocenters. The highest BCUT2D eigenvalue weighted by atomic mass is 16.2. The van der Waals surface area contributed by atoms with E-state index in [1.165, 1.54) is 5.56 Å². The average molecular weight is 408 g/mol. The van der Waals surface area contributed by atoms with Crippen LogP contribution in [-0.2, 0) is 16.0 Å². The van der Waals surface area contributed by atoms with Gasteiger partial charge in [0, 0.05) is 43.2 Å². The van der Waals surface area contributed by atoms with E-state index in [2.05, 4.69) is 10.6 Å². The molecular weight excluding hydrogens is 378 g/mol. The van der Waals surface area contributed by atoms with Crippen molar-refractivity contribution in [1.82, 2.24) is 10.2 Å². The summed E-state index contributed by atoms with van der Waals surface area (Å²) in [6.07, 6.45) is 2.57. The molecule has 0 aliphatic carbocycles. The summed E-state index contributed by atoms with van der Waals surface area (Å²) in [4.78, 5) is 38.7. The van der Waals surface area contributed by atoms with Crippen LogP contribution in [0.4, 0.5) is 5.69 Å². The fraction of sp³-hybridized carbons (Fsp3) is 0.375. The highest BCUT2D eigenvalue weighted by Gasteiger charge is 2.27. The summed E-state index contributed by atoms with van der Waals surface area (Å²) in [5.41, 5.74) is 2.41. The molecule has 1 heterocycles. The Morgan fingerprint density at radius 3 is 2.27 bits per heavy atom. The van der Waals surface area contributed by atoms with Gasteiger partial charge in [-0.15, -0.1) is 0 Å². The zero-order valence-electron chi connectivity index (χ0n) is 17.4. The first-order chi connectivity index (χ1) is 14.6. The van der Waals surface area contributed by atoms with Crippen LogP contribution in [0.1, 0.15) is 42.1 Å². The van der Waals surface area contributed by atoms with Crippen molar-refractivity contribution in [3.8, 4) is 0 Å². The number of hydrogen-bond donors (Lipinski definition) is 2. The number of rotatable bonds is 7. The standard InChI is InChI=1S/C24H29N3O3/c1-2-25-23(29)19-9-11-21(12-10-19)26-24(30)20-14-16-27(17-15-20)22(28)13-8-18-6-4-3-5-7-18/h3-7,9-12,20H,2,8,13-17H2,1H3,(H,25,29)(H,26,30). The van der Waals surface area contributed by atoms with E-state index < -0.39 is 0 Å². The summed E-state index contributed by atoms with van der Waals surface area (Å²) < 4.78 is 0. The average Bonchev–Trinajstić information content (AvgIpc) is 2.79. The van der Waals surface area contributed by atoms with E-state index in [-0.39, 0.29) is 23.6 Å². The van der Waals surface area contributed by atoms with Crippen molar-refractivity contribution in [2.24, 2.45) is 5.92 Å². The molecule has 0 saturated carbocycles. The van der Waals surface area contributed by atoms with Crippen LogP contribution in [0.15, 0.2) is 54.6 Å². The molecule has 1 fully saturated rings. The number of hydrogen-bond acceptors (Lipinski definition) is 3. The van der Waals surface area contributed by atoms with E-state index in [0.717, 1.165) is 6.42 Å². The molecule has 2 aromatic carbocycles. The van der Waals surface area contributed by atoms with Crippen molar-refractivity contribution in [2.45, 2.75) is 32.6 Å². The molecule has 0 atom stereocenters. The summed E-state index contributed by atoms with van der Waals surface area (Å²) in [6.45, 7) is 3.67. The summed E-state index contributed by atoms with van der Waals surface area (Å²) >= 11 is 0. The third-order valence-corrected chi connectivity index (χ3v) is 5.44. The Labute approximate surface area is 177 Å². The van der Waals surface area contributed by atoms with Crippen LogP contribution >= 0.6 is 0 Å². The number of benzene rings is 2. The highest BCUT2D eigenvalue weighted by Crippen LogP contribution is 2.21. The minimum absolute atomic E-state index is 0.0304. The monoisotopic (exact) mass is 407 g/mol. The molecule has 1 aliphatic rings. The molecule has 0 aromatic heterocycles. The van der Waals surface area contributed by atoms with E-state index >= 15 is 0 Å². The number of amides is 3. The van der Waals surface area contributed by atoms with Crippen LogP contribution < -0.4 is 10.6 Å². The van der Waals surface area contributed by atoms with Crippen LogP contribution in [0.3, 0.4) is 0 Å². The largest absolute Gasteiger partial charge is 0.352 e. The number of likely N-dealkylation sites (tertiary alicyclic amines) is 1. The second-order valence-electron chi connectivity index (χ2n) is 7.57. The SMILES string of the molecule is CCNC(=O)c1ccc(NC(=O)C2CCN(C(=O)CCc3ccccc3)CC2)cc1. The van der Waals surface area contributed by atoms with Crippen LogP contribution in [0.25, 0.3) is 0 Å². The maximum Gasteiger partial charge on any atom is 0.251 e. The maximum absolute atomic E-state index is 12.6. The Balaban J connectivity index is 1.43. The van der Waals surface area contributed by atoms with Crippen molar-refractivity contribution in [3.05, 3.63) is 65.7 Å². The van der Waals surface area contributed by atoms with Crippen molar-refractivity contribution >= 4 is 23.4 Å². The van der Waals surface area contributed by atoms with Gasteiger partial charge in [0.2, 0.25) is 11.8 Å². The van der Waals surface area contributed by atoms with Gasteiger partial charge in [-0.05, 0) is 56.0 Å². The van der Waals surface area contributed by atoms with Gasteiger partial charge < -0.3 is 15.5 Å². The Bertz CT molecular complexity index is 857. The molecule has 0 radical (unpaired) electrons. The first-order valence-corrected chi connectivity index (χ1v) is 10.6. The predicted octanol–water partition coefficient (Wildman–Crippen LogP) is 3.25.